The third-order valence-electron chi connectivity index (χ3n) is 7.08. The molecule has 1 aromatic heterocycles. The Hall–Kier alpha value is -2.95. The van der Waals surface area contributed by atoms with E-state index in [0.29, 0.717) is 22.4 Å². The zero-order chi connectivity index (χ0) is 21.9. The number of hydrogen-bond donors (Lipinski definition) is 0. The zero-order valence-electron chi connectivity index (χ0n) is 18.6. The topological polar surface area (TPSA) is 55.2 Å². The normalized spacial score (nSPS) is 17.6. The number of carbonyl (C=O) groups is 1. The molecule has 0 aliphatic carbocycles. The van der Waals surface area contributed by atoms with Crippen LogP contribution in [0.2, 0.25) is 0 Å². The average Bonchev–Trinajstić information content (AvgIpc) is 2.81. The van der Waals surface area contributed by atoms with Crippen molar-refractivity contribution >= 4 is 16.8 Å². The summed E-state index contributed by atoms with van der Waals surface area (Å²) in [5.74, 6) is 1.55. The Kier molecular flexibility index (Phi) is 6.06. The standard InChI is InChI=1S/C27H31N3O2/c31-26(29-16-13-21(14-17-29)18-20-8-4-3-5-9-20)22-11-12-23-24(19-22)28-25-10-6-1-2-7-15-30(25)27(23)32/h3-5,8-9,11-12,19,21H,1-2,6-7,10,13-18H2. The zero-order valence-corrected chi connectivity index (χ0v) is 18.6. The van der Waals surface area contributed by atoms with E-state index in [1.807, 2.05) is 15.5 Å². The highest BCUT2D eigenvalue weighted by Gasteiger charge is 2.24. The molecule has 0 spiro atoms. The van der Waals surface area contributed by atoms with E-state index in [-0.39, 0.29) is 11.5 Å². The number of piperidine rings is 1. The van der Waals surface area contributed by atoms with Gasteiger partial charge in [-0.3, -0.25) is 14.2 Å². The third-order valence-corrected chi connectivity index (χ3v) is 7.08. The molecule has 0 N–H and O–H groups in total. The highest BCUT2D eigenvalue weighted by Crippen LogP contribution is 2.24. The Bertz CT molecular complexity index is 1160. The second kappa shape index (κ2) is 9.27. The smallest absolute Gasteiger partial charge is 0.261 e. The average molecular weight is 430 g/mol. The third kappa shape index (κ3) is 4.34. The van der Waals surface area contributed by atoms with Gasteiger partial charge in [-0.25, -0.2) is 4.98 Å². The molecule has 0 atom stereocenters. The molecule has 0 bridgehead atoms. The fraction of sp³-hybridized carbons (Fsp3) is 0.444. The first-order valence-corrected chi connectivity index (χ1v) is 12.1. The Morgan fingerprint density at radius 3 is 2.53 bits per heavy atom. The number of likely N-dealkylation sites (tertiary alicyclic amines) is 1. The van der Waals surface area contributed by atoms with Crippen molar-refractivity contribution in [3.05, 3.63) is 75.8 Å². The minimum atomic E-state index is 0.0348. The SMILES string of the molecule is O=C(c1ccc2c(=O)n3c(nc2c1)CCCCCC3)N1CCC(Cc2ccccc2)CC1. The molecule has 0 unspecified atom stereocenters. The number of aromatic nitrogens is 2. The van der Waals surface area contributed by atoms with E-state index in [1.165, 1.54) is 18.4 Å². The van der Waals surface area contributed by atoms with Gasteiger partial charge in [-0.05, 0) is 61.8 Å². The molecule has 2 aromatic carbocycles. The summed E-state index contributed by atoms with van der Waals surface area (Å²) >= 11 is 0. The second-order valence-corrected chi connectivity index (χ2v) is 9.31. The maximum Gasteiger partial charge on any atom is 0.261 e. The number of rotatable bonds is 3. The van der Waals surface area contributed by atoms with E-state index in [9.17, 15) is 9.59 Å². The maximum atomic E-state index is 13.2. The lowest BCUT2D eigenvalue weighted by Crippen LogP contribution is -2.39. The molecule has 5 rings (SSSR count). The fourth-order valence-electron chi connectivity index (χ4n) is 5.20. The van der Waals surface area contributed by atoms with Crippen LogP contribution in [0.15, 0.2) is 53.3 Å². The van der Waals surface area contributed by atoms with E-state index in [2.05, 4.69) is 30.3 Å². The van der Waals surface area contributed by atoms with Crippen LogP contribution in [0.1, 0.15) is 60.3 Å². The van der Waals surface area contributed by atoms with Crippen LogP contribution in [0.3, 0.4) is 0 Å². The summed E-state index contributed by atoms with van der Waals surface area (Å²) in [4.78, 5) is 33.0. The van der Waals surface area contributed by atoms with Crippen LogP contribution in [0.25, 0.3) is 10.9 Å². The van der Waals surface area contributed by atoms with Crippen molar-refractivity contribution in [3.63, 3.8) is 0 Å². The molecular weight excluding hydrogens is 398 g/mol. The number of nitrogens with zero attached hydrogens (tertiary/aromatic N) is 3. The molecule has 1 fully saturated rings. The molecule has 2 aliphatic rings. The van der Waals surface area contributed by atoms with Crippen molar-refractivity contribution < 1.29 is 4.79 Å². The van der Waals surface area contributed by atoms with Gasteiger partial charge in [0.1, 0.15) is 5.82 Å². The molecule has 2 aliphatic heterocycles. The van der Waals surface area contributed by atoms with Crippen LogP contribution in [0.5, 0.6) is 0 Å². The molecule has 0 radical (unpaired) electrons. The summed E-state index contributed by atoms with van der Waals surface area (Å²) in [7, 11) is 0. The summed E-state index contributed by atoms with van der Waals surface area (Å²) in [6.45, 7) is 2.32. The van der Waals surface area contributed by atoms with Gasteiger partial charge in [-0.2, -0.15) is 0 Å². The van der Waals surface area contributed by atoms with Gasteiger partial charge in [0.2, 0.25) is 0 Å². The van der Waals surface area contributed by atoms with Crippen molar-refractivity contribution in [1.82, 2.24) is 14.5 Å². The summed E-state index contributed by atoms with van der Waals surface area (Å²) < 4.78 is 1.85. The predicted octanol–water partition coefficient (Wildman–Crippen LogP) is 4.61. The maximum absolute atomic E-state index is 13.2. The molecule has 32 heavy (non-hydrogen) atoms. The summed E-state index contributed by atoms with van der Waals surface area (Å²) in [5, 5.41) is 0.618. The Balaban J connectivity index is 1.32. The lowest BCUT2D eigenvalue weighted by molar-refractivity contribution is 0.0690. The first-order chi connectivity index (χ1) is 15.7. The monoisotopic (exact) mass is 429 g/mol. The fourth-order valence-corrected chi connectivity index (χ4v) is 5.20. The van der Waals surface area contributed by atoms with E-state index in [1.54, 1.807) is 12.1 Å². The van der Waals surface area contributed by atoms with Crippen LogP contribution >= 0.6 is 0 Å². The summed E-state index contributed by atoms with van der Waals surface area (Å²) in [6, 6.07) is 16.0. The second-order valence-electron chi connectivity index (χ2n) is 9.31. The number of amides is 1. The van der Waals surface area contributed by atoms with Crippen molar-refractivity contribution in [2.24, 2.45) is 5.92 Å². The van der Waals surface area contributed by atoms with Crippen LogP contribution in [0, 0.1) is 5.92 Å². The molecule has 3 heterocycles. The summed E-state index contributed by atoms with van der Waals surface area (Å²) in [5.41, 5.74) is 2.71. The number of aryl methyl sites for hydroxylation is 1. The molecule has 3 aromatic rings. The van der Waals surface area contributed by atoms with E-state index in [0.717, 1.165) is 64.0 Å². The van der Waals surface area contributed by atoms with Crippen LogP contribution in [0.4, 0.5) is 0 Å². The van der Waals surface area contributed by atoms with Gasteiger partial charge < -0.3 is 4.90 Å². The molecule has 1 amide bonds. The molecule has 5 heteroatoms. The lowest BCUT2D eigenvalue weighted by Gasteiger charge is -2.32. The van der Waals surface area contributed by atoms with E-state index in [4.69, 9.17) is 4.98 Å². The molecule has 5 nitrogen and oxygen atoms in total. The van der Waals surface area contributed by atoms with Gasteiger partial charge in [-0.15, -0.1) is 0 Å². The van der Waals surface area contributed by atoms with Crippen LogP contribution < -0.4 is 5.56 Å². The number of carbonyl (C=O) groups excluding carboxylic acids is 1. The van der Waals surface area contributed by atoms with Crippen LogP contribution in [-0.2, 0) is 19.4 Å². The minimum Gasteiger partial charge on any atom is -0.339 e. The first-order valence-electron chi connectivity index (χ1n) is 12.1. The number of fused-ring (bicyclic) bond motifs is 2. The van der Waals surface area contributed by atoms with Crippen molar-refractivity contribution in [2.45, 2.75) is 57.9 Å². The highest BCUT2D eigenvalue weighted by molar-refractivity contribution is 5.97. The Morgan fingerprint density at radius 2 is 1.72 bits per heavy atom. The quantitative estimate of drug-likeness (QED) is 0.611. The highest BCUT2D eigenvalue weighted by atomic mass is 16.2. The molecule has 166 valence electrons. The van der Waals surface area contributed by atoms with Gasteiger partial charge in [0.25, 0.3) is 11.5 Å². The number of hydrogen-bond acceptors (Lipinski definition) is 3. The van der Waals surface area contributed by atoms with Gasteiger partial charge in [0.05, 0.1) is 10.9 Å². The Labute approximate surface area is 189 Å². The van der Waals surface area contributed by atoms with Crippen molar-refractivity contribution in [2.75, 3.05) is 13.1 Å². The minimum absolute atomic E-state index is 0.0348. The Morgan fingerprint density at radius 1 is 0.938 bits per heavy atom. The van der Waals surface area contributed by atoms with E-state index >= 15 is 0 Å². The van der Waals surface area contributed by atoms with Gasteiger partial charge in [-0.1, -0.05) is 43.2 Å². The molecule has 0 saturated carbocycles. The molecule has 1 saturated heterocycles. The van der Waals surface area contributed by atoms with Crippen molar-refractivity contribution in [3.8, 4) is 0 Å². The van der Waals surface area contributed by atoms with Gasteiger partial charge in [0.15, 0.2) is 0 Å². The van der Waals surface area contributed by atoms with Gasteiger partial charge >= 0.3 is 0 Å². The number of benzene rings is 2. The largest absolute Gasteiger partial charge is 0.339 e. The first kappa shape index (κ1) is 20.9. The van der Waals surface area contributed by atoms with E-state index < -0.39 is 0 Å². The van der Waals surface area contributed by atoms with Crippen LogP contribution in [-0.4, -0.2) is 33.4 Å². The summed E-state index contributed by atoms with van der Waals surface area (Å²) in [6.07, 6.45) is 8.41. The lowest BCUT2D eigenvalue weighted by atomic mass is 9.90. The van der Waals surface area contributed by atoms with Gasteiger partial charge in [0, 0.05) is 31.6 Å². The van der Waals surface area contributed by atoms with Crippen molar-refractivity contribution in [1.29, 1.82) is 0 Å². The predicted molar refractivity (Wildman–Crippen MR) is 127 cm³/mol. The molecular formula is C27H31N3O2.